The van der Waals surface area contributed by atoms with Crippen LogP contribution in [0.4, 0.5) is 0 Å². The summed E-state index contributed by atoms with van der Waals surface area (Å²) in [5, 5.41) is 4.02. The van der Waals surface area contributed by atoms with Crippen LogP contribution in [0.1, 0.15) is 18.3 Å². The number of hydrogen-bond donors (Lipinski definition) is 0. The zero-order valence-electron chi connectivity index (χ0n) is 7.49. The molecule has 0 radical (unpaired) electrons. The van der Waals surface area contributed by atoms with Crippen LogP contribution in [0.3, 0.4) is 0 Å². The lowest BCUT2D eigenvalue weighted by atomic mass is 10.3. The van der Waals surface area contributed by atoms with Gasteiger partial charge in [0.25, 0.3) is 0 Å². The lowest BCUT2D eigenvalue weighted by Crippen LogP contribution is -1.98. The third-order valence-electron chi connectivity index (χ3n) is 1.71. The van der Waals surface area contributed by atoms with Gasteiger partial charge < -0.3 is 0 Å². The fourth-order valence-electron chi connectivity index (χ4n) is 1.15. The molecule has 1 rings (SSSR count). The zero-order chi connectivity index (χ0) is 10.1. The quantitative estimate of drug-likeness (QED) is 0.719. The Morgan fingerprint density at radius 1 is 1.62 bits per heavy atom. The van der Waals surface area contributed by atoms with Crippen LogP contribution < -0.4 is 0 Å². The predicted octanol–water partition coefficient (Wildman–Crippen LogP) is 1.05. The van der Waals surface area contributed by atoms with Crippen LogP contribution in [0.25, 0.3) is 0 Å². The van der Waals surface area contributed by atoms with E-state index in [0.29, 0.717) is 5.69 Å². The van der Waals surface area contributed by atoms with Gasteiger partial charge in [0.1, 0.15) is 5.75 Å². The molecule has 0 aromatic carbocycles. The van der Waals surface area contributed by atoms with Gasteiger partial charge in [0.15, 0.2) is 0 Å². The Morgan fingerprint density at radius 3 is 2.62 bits per heavy atom. The summed E-state index contributed by atoms with van der Waals surface area (Å²) >= 11 is 0. The molecule has 0 bridgehead atoms. The molecule has 13 heavy (non-hydrogen) atoms. The third-order valence-corrected chi connectivity index (χ3v) is 2.68. The molecule has 0 saturated carbocycles. The number of aromatic nitrogens is 2. The van der Waals surface area contributed by atoms with E-state index in [0.717, 1.165) is 12.1 Å². The minimum Gasteiger partial charge on any atom is -0.272 e. The van der Waals surface area contributed by atoms with Gasteiger partial charge in [-0.3, -0.25) is 4.68 Å². The first-order valence-electron chi connectivity index (χ1n) is 3.86. The van der Waals surface area contributed by atoms with Gasteiger partial charge in [-0.1, -0.05) is 6.92 Å². The van der Waals surface area contributed by atoms with Crippen molar-refractivity contribution in [3.63, 3.8) is 0 Å². The Kier molecular flexibility index (Phi) is 2.98. The Balaban J connectivity index is 2.92. The van der Waals surface area contributed by atoms with E-state index in [1.54, 1.807) is 17.8 Å². The maximum Gasteiger partial charge on any atom is 0.238 e. The number of hydrogen-bond acceptors (Lipinski definition) is 3. The molecule has 0 spiro atoms. The van der Waals surface area contributed by atoms with Crippen molar-refractivity contribution in [1.29, 1.82) is 0 Å². The van der Waals surface area contributed by atoms with Crippen LogP contribution in [-0.4, -0.2) is 18.2 Å². The van der Waals surface area contributed by atoms with E-state index in [-0.39, 0.29) is 5.75 Å². The second-order valence-electron chi connectivity index (χ2n) is 2.79. The summed E-state index contributed by atoms with van der Waals surface area (Å²) in [7, 11) is 3.38. The van der Waals surface area contributed by atoms with Crippen molar-refractivity contribution < 1.29 is 8.42 Å². The highest BCUT2D eigenvalue weighted by atomic mass is 35.7. The van der Waals surface area contributed by atoms with E-state index in [1.807, 2.05) is 6.92 Å². The first kappa shape index (κ1) is 10.5. The standard InChI is InChI=1S/C7H11ClN2O2S/c1-3-7-4-6(9-10(7)2)5-13(8,11)12/h4H,3,5H2,1-2H3. The molecule has 0 aliphatic heterocycles. The van der Waals surface area contributed by atoms with E-state index < -0.39 is 9.05 Å². The van der Waals surface area contributed by atoms with Crippen LogP contribution in [0.15, 0.2) is 6.07 Å². The fourth-order valence-corrected chi connectivity index (χ4v) is 1.98. The van der Waals surface area contributed by atoms with E-state index in [4.69, 9.17) is 10.7 Å². The van der Waals surface area contributed by atoms with E-state index in [2.05, 4.69) is 5.10 Å². The van der Waals surface area contributed by atoms with Crippen molar-refractivity contribution in [3.05, 3.63) is 17.5 Å². The molecule has 1 aromatic rings. The topological polar surface area (TPSA) is 52.0 Å². The average Bonchev–Trinajstić information content (AvgIpc) is 2.26. The van der Waals surface area contributed by atoms with Crippen LogP contribution in [0.5, 0.6) is 0 Å². The minimum absolute atomic E-state index is 0.206. The highest BCUT2D eigenvalue weighted by molar-refractivity contribution is 8.13. The van der Waals surface area contributed by atoms with Gasteiger partial charge in [-0.25, -0.2) is 8.42 Å². The summed E-state index contributed by atoms with van der Waals surface area (Å²) in [5.41, 5.74) is 1.49. The molecule has 0 atom stereocenters. The first-order chi connectivity index (χ1) is 5.92. The molecule has 0 saturated heterocycles. The molecule has 0 amide bonds. The van der Waals surface area contributed by atoms with Crippen molar-refractivity contribution in [2.75, 3.05) is 0 Å². The average molecular weight is 223 g/mol. The molecule has 74 valence electrons. The van der Waals surface area contributed by atoms with Crippen molar-refractivity contribution in [3.8, 4) is 0 Å². The van der Waals surface area contributed by atoms with Crippen molar-refractivity contribution in [1.82, 2.24) is 9.78 Å². The second-order valence-corrected chi connectivity index (χ2v) is 5.56. The molecule has 1 heterocycles. The Hall–Kier alpha value is -0.550. The van der Waals surface area contributed by atoms with Crippen LogP contribution in [-0.2, 0) is 28.3 Å². The summed E-state index contributed by atoms with van der Waals surface area (Å²) in [6.45, 7) is 1.98. The highest BCUT2D eigenvalue weighted by Gasteiger charge is 2.11. The molecule has 6 heteroatoms. The summed E-state index contributed by atoms with van der Waals surface area (Å²) in [4.78, 5) is 0. The molecule has 0 N–H and O–H groups in total. The minimum atomic E-state index is -3.49. The summed E-state index contributed by atoms with van der Waals surface area (Å²) < 4.78 is 23.1. The van der Waals surface area contributed by atoms with E-state index in [1.165, 1.54) is 0 Å². The maximum atomic E-state index is 10.7. The van der Waals surface area contributed by atoms with Gasteiger partial charge in [-0.2, -0.15) is 5.10 Å². The Bertz CT molecular complexity index is 397. The Labute approximate surface area is 81.9 Å². The molecule has 0 fully saturated rings. The smallest absolute Gasteiger partial charge is 0.238 e. The molecule has 0 aliphatic carbocycles. The normalized spacial score (nSPS) is 11.9. The summed E-state index contributed by atoms with van der Waals surface area (Å²) in [6, 6.07) is 1.75. The number of nitrogens with zero attached hydrogens (tertiary/aromatic N) is 2. The number of aryl methyl sites for hydroxylation is 2. The number of halogens is 1. The first-order valence-corrected chi connectivity index (χ1v) is 6.34. The second kappa shape index (κ2) is 3.67. The monoisotopic (exact) mass is 222 g/mol. The zero-order valence-corrected chi connectivity index (χ0v) is 9.06. The van der Waals surface area contributed by atoms with E-state index >= 15 is 0 Å². The number of rotatable bonds is 3. The largest absolute Gasteiger partial charge is 0.272 e. The molecule has 1 aromatic heterocycles. The lowest BCUT2D eigenvalue weighted by molar-refractivity contribution is 0.607. The molecule has 0 aliphatic rings. The summed E-state index contributed by atoms with van der Waals surface area (Å²) in [6.07, 6.45) is 0.825. The van der Waals surface area contributed by atoms with Crippen molar-refractivity contribution in [2.45, 2.75) is 19.1 Å². The lowest BCUT2D eigenvalue weighted by Gasteiger charge is -1.93. The SMILES string of the molecule is CCc1cc(CS(=O)(=O)Cl)nn1C. The molecular weight excluding hydrogens is 212 g/mol. The molecular formula is C7H11ClN2O2S. The maximum absolute atomic E-state index is 10.7. The van der Waals surface area contributed by atoms with Gasteiger partial charge in [0.2, 0.25) is 9.05 Å². The van der Waals surface area contributed by atoms with Crippen molar-refractivity contribution >= 4 is 19.7 Å². The molecule has 0 unspecified atom stereocenters. The highest BCUT2D eigenvalue weighted by Crippen LogP contribution is 2.10. The van der Waals surface area contributed by atoms with E-state index in [9.17, 15) is 8.42 Å². The summed E-state index contributed by atoms with van der Waals surface area (Å²) in [5.74, 6) is -0.206. The van der Waals surface area contributed by atoms with Gasteiger partial charge >= 0.3 is 0 Å². The predicted molar refractivity (Wildman–Crippen MR) is 51.1 cm³/mol. The van der Waals surface area contributed by atoms with Gasteiger partial charge in [-0.15, -0.1) is 0 Å². The third kappa shape index (κ3) is 3.00. The van der Waals surface area contributed by atoms with Crippen molar-refractivity contribution in [2.24, 2.45) is 7.05 Å². The Morgan fingerprint density at radius 2 is 2.23 bits per heavy atom. The molecule has 4 nitrogen and oxygen atoms in total. The fraction of sp³-hybridized carbons (Fsp3) is 0.571. The van der Waals surface area contributed by atoms with Crippen LogP contribution >= 0.6 is 10.7 Å². The van der Waals surface area contributed by atoms with Gasteiger partial charge in [-0.05, 0) is 12.5 Å². The van der Waals surface area contributed by atoms with Crippen LogP contribution in [0, 0.1) is 0 Å². The van der Waals surface area contributed by atoms with Gasteiger partial charge in [0, 0.05) is 23.4 Å². The van der Waals surface area contributed by atoms with Crippen LogP contribution in [0.2, 0.25) is 0 Å². The van der Waals surface area contributed by atoms with Gasteiger partial charge in [0.05, 0.1) is 5.69 Å².